The lowest BCUT2D eigenvalue weighted by Crippen LogP contribution is -2.40. The lowest BCUT2D eigenvalue weighted by Gasteiger charge is -2.24. The fourth-order valence-corrected chi connectivity index (χ4v) is 4.94. The van der Waals surface area contributed by atoms with Crippen LogP contribution < -0.4 is 19.1 Å². The van der Waals surface area contributed by atoms with Gasteiger partial charge in [0, 0.05) is 11.6 Å². The number of anilines is 1. The van der Waals surface area contributed by atoms with Gasteiger partial charge < -0.3 is 14.8 Å². The van der Waals surface area contributed by atoms with Crippen molar-refractivity contribution in [2.45, 2.75) is 38.3 Å². The molecular weight excluding hydrogens is 488 g/mol. The maximum absolute atomic E-state index is 13.4. The molecule has 1 N–H and O–H groups in total. The molecule has 0 unspecified atom stereocenters. The van der Waals surface area contributed by atoms with Crippen LogP contribution in [-0.2, 0) is 21.4 Å². The van der Waals surface area contributed by atoms with E-state index in [0.29, 0.717) is 22.2 Å². The number of carbonyl (C=O) groups excluding carboxylic acids is 1. The van der Waals surface area contributed by atoms with Crippen molar-refractivity contribution < 1.29 is 22.7 Å². The van der Waals surface area contributed by atoms with Gasteiger partial charge in [0.2, 0.25) is 5.91 Å². The Balaban J connectivity index is 1.81. The molecule has 0 radical (unpaired) electrons. The van der Waals surface area contributed by atoms with Crippen LogP contribution in [0.1, 0.15) is 25.0 Å². The monoisotopic (exact) mass is 516 g/mol. The van der Waals surface area contributed by atoms with Crippen molar-refractivity contribution in [1.82, 2.24) is 5.32 Å². The number of hydrogen-bond donors (Lipinski definition) is 1. The zero-order valence-corrected chi connectivity index (χ0v) is 21.7. The summed E-state index contributed by atoms with van der Waals surface area (Å²) in [6.07, 6.45) is -0.0118. The van der Waals surface area contributed by atoms with Crippen molar-refractivity contribution in [2.75, 3.05) is 18.0 Å². The number of nitrogens with one attached hydrogen (secondary N) is 1. The summed E-state index contributed by atoms with van der Waals surface area (Å²) in [7, 11) is -2.47. The molecule has 1 amide bonds. The SMILES string of the molecule is COc1cc(CNC(=O)CN(c2ccc(C)c(Cl)c2)S(=O)(=O)c2ccccc2)ccc1OC(C)C. The van der Waals surface area contributed by atoms with Crippen LogP contribution in [0.25, 0.3) is 0 Å². The van der Waals surface area contributed by atoms with Gasteiger partial charge in [0.1, 0.15) is 6.54 Å². The van der Waals surface area contributed by atoms with Gasteiger partial charge in [-0.3, -0.25) is 9.10 Å². The Hall–Kier alpha value is -3.23. The Bertz CT molecular complexity index is 1280. The highest BCUT2D eigenvalue weighted by Crippen LogP contribution is 2.30. The molecule has 0 aliphatic rings. The average molecular weight is 517 g/mol. The molecule has 0 spiro atoms. The molecule has 35 heavy (non-hydrogen) atoms. The highest BCUT2D eigenvalue weighted by molar-refractivity contribution is 7.92. The van der Waals surface area contributed by atoms with Gasteiger partial charge in [-0.25, -0.2) is 8.42 Å². The number of ether oxygens (including phenoxy) is 2. The summed E-state index contributed by atoms with van der Waals surface area (Å²) >= 11 is 6.26. The summed E-state index contributed by atoms with van der Waals surface area (Å²) < 4.78 is 39.0. The minimum Gasteiger partial charge on any atom is -0.493 e. The van der Waals surface area contributed by atoms with Crippen molar-refractivity contribution in [3.63, 3.8) is 0 Å². The fourth-order valence-electron chi connectivity index (χ4n) is 3.33. The molecule has 0 aliphatic heterocycles. The quantitative estimate of drug-likeness (QED) is 0.412. The van der Waals surface area contributed by atoms with E-state index >= 15 is 0 Å². The summed E-state index contributed by atoms with van der Waals surface area (Å²) in [5.74, 6) is 0.685. The molecule has 7 nitrogen and oxygen atoms in total. The van der Waals surface area contributed by atoms with Crippen LogP contribution in [0.2, 0.25) is 5.02 Å². The fraction of sp³-hybridized carbons (Fsp3) is 0.269. The van der Waals surface area contributed by atoms with E-state index in [1.54, 1.807) is 55.6 Å². The molecule has 0 heterocycles. The highest BCUT2D eigenvalue weighted by atomic mass is 35.5. The first kappa shape index (κ1) is 26.4. The Kier molecular flexibility index (Phi) is 8.64. The van der Waals surface area contributed by atoms with Gasteiger partial charge in [-0.15, -0.1) is 0 Å². The normalized spacial score (nSPS) is 11.3. The van der Waals surface area contributed by atoms with Gasteiger partial charge in [-0.05, 0) is 68.3 Å². The first-order valence-corrected chi connectivity index (χ1v) is 12.9. The number of aryl methyl sites for hydroxylation is 1. The van der Waals surface area contributed by atoms with Crippen molar-refractivity contribution in [1.29, 1.82) is 0 Å². The number of sulfonamides is 1. The number of halogens is 1. The van der Waals surface area contributed by atoms with Crippen molar-refractivity contribution in [2.24, 2.45) is 0 Å². The Labute approximate surface area is 211 Å². The predicted octanol–water partition coefficient (Wildman–Crippen LogP) is 4.96. The molecule has 0 atom stereocenters. The second kappa shape index (κ2) is 11.5. The second-order valence-electron chi connectivity index (χ2n) is 8.19. The molecule has 3 aromatic rings. The third-order valence-corrected chi connectivity index (χ3v) is 7.34. The second-order valence-corrected chi connectivity index (χ2v) is 10.5. The van der Waals surface area contributed by atoms with E-state index < -0.39 is 22.5 Å². The Morgan fingerprint density at radius 2 is 1.74 bits per heavy atom. The van der Waals surface area contributed by atoms with Crippen LogP contribution in [-0.4, -0.2) is 34.1 Å². The lowest BCUT2D eigenvalue weighted by molar-refractivity contribution is -0.119. The van der Waals surface area contributed by atoms with Gasteiger partial charge in [-0.1, -0.05) is 41.9 Å². The zero-order chi connectivity index (χ0) is 25.6. The molecule has 0 bridgehead atoms. The van der Waals surface area contributed by atoms with Crippen LogP contribution in [0.4, 0.5) is 5.69 Å². The topological polar surface area (TPSA) is 84.9 Å². The molecule has 186 valence electrons. The molecule has 0 saturated carbocycles. The minimum atomic E-state index is -4.01. The summed E-state index contributed by atoms with van der Waals surface area (Å²) in [6.45, 7) is 5.43. The summed E-state index contributed by atoms with van der Waals surface area (Å²) in [6, 6.07) is 18.2. The standard InChI is InChI=1S/C26H29ClN2O5S/c1-18(2)34-24-13-11-20(14-25(24)33-4)16-28-26(30)17-29(21-12-10-19(3)23(27)15-21)35(31,32)22-8-6-5-7-9-22/h5-15,18H,16-17H2,1-4H3,(H,28,30). The Morgan fingerprint density at radius 3 is 2.37 bits per heavy atom. The number of rotatable bonds is 10. The van der Waals surface area contributed by atoms with E-state index in [1.807, 2.05) is 26.8 Å². The van der Waals surface area contributed by atoms with E-state index in [1.165, 1.54) is 12.1 Å². The summed E-state index contributed by atoms with van der Waals surface area (Å²) in [5.41, 5.74) is 1.88. The van der Waals surface area contributed by atoms with Crippen LogP contribution >= 0.6 is 11.6 Å². The van der Waals surface area contributed by atoms with Gasteiger partial charge >= 0.3 is 0 Å². The van der Waals surface area contributed by atoms with Gasteiger partial charge in [0.15, 0.2) is 11.5 Å². The summed E-state index contributed by atoms with van der Waals surface area (Å²) in [4.78, 5) is 13.0. The minimum absolute atomic E-state index is 0.0118. The zero-order valence-electron chi connectivity index (χ0n) is 20.1. The van der Waals surface area contributed by atoms with E-state index in [-0.39, 0.29) is 17.5 Å². The van der Waals surface area contributed by atoms with Crippen LogP contribution in [0.5, 0.6) is 11.5 Å². The van der Waals surface area contributed by atoms with Crippen molar-refractivity contribution in [3.8, 4) is 11.5 Å². The molecule has 3 rings (SSSR count). The Morgan fingerprint density at radius 1 is 1.03 bits per heavy atom. The van der Waals surface area contributed by atoms with E-state index in [9.17, 15) is 13.2 Å². The molecule has 0 aromatic heterocycles. The maximum atomic E-state index is 13.4. The summed E-state index contributed by atoms with van der Waals surface area (Å²) in [5, 5.41) is 3.20. The predicted molar refractivity (Wildman–Crippen MR) is 138 cm³/mol. The van der Waals surface area contributed by atoms with Crippen LogP contribution in [0.15, 0.2) is 71.6 Å². The van der Waals surface area contributed by atoms with E-state index in [0.717, 1.165) is 15.4 Å². The van der Waals surface area contributed by atoms with E-state index in [4.69, 9.17) is 21.1 Å². The van der Waals surface area contributed by atoms with Crippen molar-refractivity contribution in [3.05, 3.63) is 82.9 Å². The molecule has 3 aromatic carbocycles. The first-order valence-electron chi connectivity index (χ1n) is 11.1. The number of amides is 1. The molecule has 0 saturated heterocycles. The average Bonchev–Trinajstić information content (AvgIpc) is 2.83. The molecule has 0 fully saturated rings. The van der Waals surface area contributed by atoms with Gasteiger partial charge in [0.05, 0.1) is 23.8 Å². The van der Waals surface area contributed by atoms with Crippen molar-refractivity contribution >= 4 is 33.2 Å². The molecule has 0 aliphatic carbocycles. The maximum Gasteiger partial charge on any atom is 0.264 e. The number of methoxy groups -OCH3 is 1. The number of benzene rings is 3. The van der Waals surface area contributed by atoms with E-state index in [2.05, 4.69) is 5.32 Å². The van der Waals surface area contributed by atoms with Crippen LogP contribution in [0, 0.1) is 6.92 Å². The van der Waals surface area contributed by atoms with Gasteiger partial charge in [-0.2, -0.15) is 0 Å². The first-order chi connectivity index (χ1) is 16.6. The highest BCUT2D eigenvalue weighted by Gasteiger charge is 2.27. The van der Waals surface area contributed by atoms with Crippen LogP contribution in [0.3, 0.4) is 0 Å². The number of hydrogen-bond acceptors (Lipinski definition) is 5. The van der Waals surface area contributed by atoms with Gasteiger partial charge in [0.25, 0.3) is 10.0 Å². The largest absolute Gasteiger partial charge is 0.493 e. The number of nitrogens with zero attached hydrogens (tertiary/aromatic N) is 1. The smallest absolute Gasteiger partial charge is 0.264 e. The molecule has 9 heteroatoms. The third-order valence-electron chi connectivity index (χ3n) is 5.14. The lowest BCUT2D eigenvalue weighted by atomic mass is 10.2. The number of carbonyl (C=O) groups is 1. The third kappa shape index (κ3) is 6.68. The molecular formula is C26H29ClN2O5S.